The van der Waals surface area contributed by atoms with Gasteiger partial charge in [0.05, 0.1) is 16.5 Å². The number of aliphatic carboxylic acids is 1. The molecule has 0 spiro atoms. The van der Waals surface area contributed by atoms with Gasteiger partial charge in [-0.15, -0.1) is 5.10 Å². The van der Waals surface area contributed by atoms with Crippen molar-refractivity contribution in [2.75, 3.05) is 11.9 Å². The molecule has 0 unspecified atom stereocenters. The van der Waals surface area contributed by atoms with Crippen LogP contribution in [0.3, 0.4) is 0 Å². The van der Waals surface area contributed by atoms with Gasteiger partial charge in [-0.25, -0.2) is 5.10 Å². The smallest absolute Gasteiger partial charge is 0.305 e. The topological polar surface area (TPSA) is 104 Å². The highest BCUT2D eigenvalue weighted by Crippen LogP contribution is 2.39. The van der Waals surface area contributed by atoms with Crippen LogP contribution in [-0.2, 0) is 4.79 Å². The lowest BCUT2D eigenvalue weighted by atomic mass is 10.2. The van der Waals surface area contributed by atoms with Crippen molar-refractivity contribution < 1.29 is 14.6 Å². The molecular weight excluding hydrogens is 357 g/mol. The summed E-state index contributed by atoms with van der Waals surface area (Å²) >= 11 is 12.4. The number of hydrogen-bond acceptors (Lipinski definition) is 5. The second-order valence-corrected chi connectivity index (χ2v) is 5.86. The first-order valence-corrected chi connectivity index (χ1v) is 7.73. The van der Waals surface area contributed by atoms with Gasteiger partial charge in [0.15, 0.2) is 5.75 Å². The largest absolute Gasteiger partial charge is 0.481 e. The van der Waals surface area contributed by atoms with Crippen LogP contribution >= 0.6 is 23.2 Å². The monoisotopic (exact) mass is 371 g/mol. The van der Waals surface area contributed by atoms with Crippen LogP contribution in [-0.4, -0.2) is 27.8 Å². The Bertz CT molecular complexity index is 813. The first-order chi connectivity index (χ1) is 11.3. The van der Waals surface area contributed by atoms with Gasteiger partial charge in [0, 0.05) is 23.4 Å². The van der Waals surface area contributed by atoms with Gasteiger partial charge >= 0.3 is 5.97 Å². The summed E-state index contributed by atoms with van der Waals surface area (Å²) in [5.74, 6) is -0.513. The number of aromatic amines is 1. The number of nitrogens with one attached hydrogen (secondary N) is 2. The van der Waals surface area contributed by atoms with Crippen molar-refractivity contribution in [2.45, 2.75) is 20.3 Å². The molecule has 0 bridgehead atoms. The van der Waals surface area contributed by atoms with Crippen molar-refractivity contribution in [1.82, 2.24) is 10.2 Å². The summed E-state index contributed by atoms with van der Waals surface area (Å²) in [7, 11) is 0. The molecule has 1 heterocycles. The van der Waals surface area contributed by atoms with Gasteiger partial charge in [0.2, 0.25) is 5.88 Å². The highest BCUT2D eigenvalue weighted by Gasteiger charge is 2.15. The third-order valence-electron chi connectivity index (χ3n) is 3.35. The van der Waals surface area contributed by atoms with Gasteiger partial charge in [-0.1, -0.05) is 23.2 Å². The highest BCUT2D eigenvalue weighted by atomic mass is 35.5. The zero-order chi connectivity index (χ0) is 17.9. The van der Waals surface area contributed by atoms with E-state index in [1.807, 2.05) is 0 Å². The molecule has 0 amide bonds. The molecular formula is C15H15Cl2N3O4. The molecule has 0 saturated heterocycles. The molecule has 0 fully saturated rings. The van der Waals surface area contributed by atoms with E-state index < -0.39 is 5.97 Å². The second kappa shape index (κ2) is 7.55. The number of rotatable bonds is 6. The third-order valence-corrected chi connectivity index (χ3v) is 3.91. The van der Waals surface area contributed by atoms with E-state index in [2.05, 4.69) is 15.5 Å². The number of aromatic nitrogens is 2. The lowest BCUT2D eigenvalue weighted by molar-refractivity contribution is -0.136. The maximum Gasteiger partial charge on any atom is 0.305 e. The van der Waals surface area contributed by atoms with E-state index in [4.69, 9.17) is 33.0 Å². The molecule has 7 nitrogen and oxygen atoms in total. The Hall–Kier alpha value is -2.25. The van der Waals surface area contributed by atoms with E-state index in [0.29, 0.717) is 16.8 Å². The molecule has 1 aromatic heterocycles. The molecule has 1 aromatic carbocycles. The number of carboxylic acid groups (broad SMARTS) is 1. The zero-order valence-corrected chi connectivity index (χ0v) is 14.5. The molecule has 0 aliphatic rings. The number of carbonyl (C=O) groups is 1. The zero-order valence-electron chi connectivity index (χ0n) is 12.9. The van der Waals surface area contributed by atoms with E-state index in [0.717, 1.165) is 0 Å². The Balaban J connectivity index is 2.24. The summed E-state index contributed by atoms with van der Waals surface area (Å²) in [5, 5.41) is 18.2. The minimum absolute atomic E-state index is 0.0345. The molecule has 9 heteroatoms. The van der Waals surface area contributed by atoms with Crippen LogP contribution in [0.4, 0.5) is 5.69 Å². The summed E-state index contributed by atoms with van der Waals surface area (Å²) in [6.45, 7) is 3.60. The van der Waals surface area contributed by atoms with Crippen molar-refractivity contribution in [3.8, 4) is 11.6 Å². The lowest BCUT2D eigenvalue weighted by Gasteiger charge is -2.13. The number of halogens is 2. The van der Waals surface area contributed by atoms with Crippen LogP contribution in [0.2, 0.25) is 10.0 Å². The first-order valence-electron chi connectivity index (χ1n) is 6.98. The van der Waals surface area contributed by atoms with Gasteiger partial charge in [-0.2, -0.15) is 0 Å². The van der Waals surface area contributed by atoms with E-state index in [9.17, 15) is 9.59 Å². The van der Waals surface area contributed by atoms with Crippen LogP contribution in [0, 0.1) is 13.8 Å². The molecule has 128 valence electrons. The minimum atomic E-state index is -0.908. The fourth-order valence-electron chi connectivity index (χ4n) is 1.87. The molecule has 0 saturated carbocycles. The average Bonchev–Trinajstić information content (AvgIpc) is 2.50. The van der Waals surface area contributed by atoms with Crippen LogP contribution in [0.5, 0.6) is 11.6 Å². The third kappa shape index (κ3) is 4.18. The fourth-order valence-corrected chi connectivity index (χ4v) is 2.43. The maximum absolute atomic E-state index is 11.5. The van der Waals surface area contributed by atoms with Gasteiger partial charge in [0.1, 0.15) is 0 Å². The van der Waals surface area contributed by atoms with Crippen molar-refractivity contribution >= 4 is 34.9 Å². The maximum atomic E-state index is 11.5. The Morgan fingerprint density at radius 2 is 1.92 bits per heavy atom. The van der Waals surface area contributed by atoms with Crippen LogP contribution in [0.1, 0.15) is 17.5 Å². The molecule has 2 aromatic rings. The molecule has 0 aliphatic carbocycles. The van der Waals surface area contributed by atoms with Crippen molar-refractivity contribution in [2.24, 2.45) is 0 Å². The molecule has 24 heavy (non-hydrogen) atoms. The van der Waals surface area contributed by atoms with Crippen LogP contribution < -0.4 is 15.6 Å². The Labute approximate surface area is 147 Å². The van der Waals surface area contributed by atoms with Crippen molar-refractivity contribution in [3.05, 3.63) is 43.7 Å². The summed E-state index contributed by atoms with van der Waals surface area (Å²) in [5.41, 5.74) is 1.34. The second-order valence-electron chi connectivity index (χ2n) is 5.05. The number of H-pyrrole nitrogens is 1. The molecule has 2 rings (SSSR count). The first kappa shape index (κ1) is 18.1. The number of carboxylic acids is 1. The van der Waals surface area contributed by atoms with E-state index in [1.54, 1.807) is 26.0 Å². The van der Waals surface area contributed by atoms with Gasteiger partial charge in [-0.05, 0) is 26.0 Å². The van der Waals surface area contributed by atoms with Crippen LogP contribution in [0.15, 0.2) is 16.9 Å². The Morgan fingerprint density at radius 3 is 2.50 bits per heavy atom. The quantitative estimate of drug-likeness (QED) is 0.718. The van der Waals surface area contributed by atoms with E-state index in [-0.39, 0.29) is 40.2 Å². The predicted octanol–water partition coefficient (Wildman–Crippen LogP) is 3.37. The average molecular weight is 372 g/mol. The summed E-state index contributed by atoms with van der Waals surface area (Å²) < 4.78 is 5.64. The Kier molecular flexibility index (Phi) is 5.69. The number of benzene rings is 1. The molecule has 3 N–H and O–H groups in total. The predicted molar refractivity (Wildman–Crippen MR) is 91.6 cm³/mol. The van der Waals surface area contributed by atoms with Crippen molar-refractivity contribution in [3.63, 3.8) is 0 Å². The van der Waals surface area contributed by atoms with E-state index in [1.165, 1.54) is 0 Å². The number of ether oxygens (including phenoxy) is 1. The van der Waals surface area contributed by atoms with E-state index >= 15 is 0 Å². The van der Waals surface area contributed by atoms with Gasteiger partial charge in [0.25, 0.3) is 5.56 Å². The summed E-state index contributed by atoms with van der Waals surface area (Å²) in [6, 6.07) is 3.14. The number of anilines is 1. The minimum Gasteiger partial charge on any atom is -0.481 e. The normalized spacial score (nSPS) is 10.5. The van der Waals surface area contributed by atoms with Gasteiger partial charge < -0.3 is 15.2 Å². The molecule has 0 radical (unpaired) electrons. The van der Waals surface area contributed by atoms with Crippen molar-refractivity contribution in [1.29, 1.82) is 0 Å². The SMILES string of the molecule is Cc1c(Oc2c(Cl)cc(NCCC(=O)O)cc2Cl)n[nH]c(=O)c1C. The molecule has 0 atom stereocenters. The highest BCUT2D eigenvalue weighted by molar-refractivity contribution is 6.37. The number of hydrogen-bond donors (Lipinski definition) is 3. The summed E-state index contributed by atoms with van der Waals surface area (Å²) in [6.07, 6.45) is -0.0345. The fraction of sp³-hybridized carbons (Fsp3) is 0.267. The lowest BCUT2D eigenvalue weighted by Crippen LogP contribution is -2.14. The van der Waals surface area contributed by atoms with Crippen LogP contribution in [0.25, 0.3) is 0 Å². The van der Waals surface area contributed by atoms with Gasteiger partial charge in [-0.3, -0.25) is 9.59 Å². The number of nitrogens with zero attached hydrogens (tertiary/aromatic N) is 1. The molecule has 0 aliphatic heterocycles. The summed E-state index contributed by atoms with van der Waals surface area (Å²) in [4.78, 5) is 22.0. The Morgan fingerprint density at radius 1 is 1.29 bits per heavy atom. The standard InChI is InChI=1S/C15H15Cl2N3O4/c1-7-8(2)15(20-19-14(7)23)24-13-10(16)5-9(6-11(13)17)18-4-3-12(21)22/h5-6,18H,3-4H2,1-2H3,(H,19,23)(H,21,22).